The smallest absolute Gasteiger partial charge is 0.223 e. The summed E-state index contributed by atoms with van der Waals surface area (Å²) in [5.74, 6) is 10.8. The Bertz CT molecular complexity index is 669. The molecule has 1 amide bonds. The second-order valence-electron chi connectivity index (χ2n) is 8.11. The number of terminal acetylenes is 1. The Kier molecular flexibility index (Phi) is 17.4. The molecule has 1 aromatic carbocycles. The zero-order valence-electron chi connectivity index (χ0n) is 19.6. The van der Waals surface area contributed by atoms with Crippen LogP contribution in [0.5, 0.6) is 0 Å². The largest absolute Gasteiger partial charge is 0.391 e. The summed E-state index contributed by atoms with van der Waals surface area (Å²) in [6.07, 6.45) is 6.33. The molecule has 1 fully saturated rings. The number of benzene rings is 1. The molecule has 1 saturated heterocycles. The normalized spacial score (nSPS) is 14.7. The molecule has 6 N–H and O–H groups in total. The van der Waals surface area contributed by atoms with E-state index in [0.29, 0.717) is 19.6 Å². The van der Waals surface area contributed by atoms with Gasteiger partial charge in [-0.1, -0.05) is 32.8 Å². The highest BCUT2D eigenvalue weighted by molar-refractivity contribution is 5.77. The van der Waals surface area contributed by atoms with Gasteiger partial charge in [0.1, 0.15) is 6.79 Å². The Labute approximate surface area is 187 Å². The maximum absolute atomic E-state index is 11.6. The maximum atomic E-state index is 11.6. The molecule has 1 aliphatic heterocycles. The van der Waals surface area contributed by atoms with Crippen molar-refractivity contribution in [3.05, 3.63) is 34.9 Å². The molecule has 176 valence electrons. The first-order valence-corrected chi connectivity index (χ1v) is 10.00. The van der Waals surface area contributed by atoms with Crippen LogP contribution in [0.4, 0.5) is 0 Å². The van der Waals surface area contributed by atoms with E-state index >= 15 is 0 Å². The fraction of sp³-hybridized carbons (Fsp3) is 0.565. The van der Waals surface area contributed by atoms with Crippen LogP contribution in [0.25, 0.3) is 0 Å². The Balaban J connectivity index is 0. The molecular weight excluding hydrogens is 396 g/mol. The predicted octanol–water partition coefficient (Wildman–Crippen LogP) is 1.18. The van der Waals surface area contributed by atoms with Crippen LogP contribution in [0.3, 0.4) is 0 Å². The fourth-order valence-corrected chi connectivity index (χ4v) is 2.90. The number of aliphatic hydroxyl groups is 1. The van der Waals surface area contributed by atoms with Gasteiger partial charge in [-0.25, -0.2) is 0 Å². The van der Waals surface area contributed by atoms with E-state index in [2.05, 4.69) is 43.7 Å². The number of ether oxygens (including phenoxy) is 1. The third-order valence-electron chi connectivity index (χ3n) is 4.24. The van der Waals surface area contributed by atoms with E-state index in [4.69, 9.17) is 16.0 Å². The number of nitrogens with two attached hydrogens (primary N) is 2. The molecule has 1 aromatic rings. The molecule has 0 spiro atoms. The van der Waals surface area contributed by atoms with Crippen LogP contribution in [0.1, 0.15) is 50.3 Å². The number of hydrogen-bond acceptors (Lipinski definition) is 7. The summed E-state index contributed by atoms with van der Waals surface area (Å²) in [4.78, 5) is 21.4. The highest BCUT2D eigenvalue weighted by Gasteiger charge is 2.27. The summed E-state index contributed by atoms with van der Waals surface area (Å²) in [5.41, 5.74) is 3.33. The lowest BCUT2D eigenvalue weighted by atomic mass is 9.92. The second kappa shape index (κ2) is 17.4. The molecule has 8 nitrogen and oxygen atoms in total. The average molecular weight is 437 g/mol. The molecule has 1 unspecified atom stereocenters. The molecular formula is C23H40N4O4. The third-order valence-corrected chi connectivity index (χ3v) is 4.24. The molecule has 1 heterocycles. The fourth-order valence-electron chi connectivity index (χ4n) is 2.90. The van der Waals surface area contributed by atoms with Crippen LogP contribution < -0.4 is 17.0 Å². The molecule has 0 saturated carbocycles. The lowest BCUT2D eigenvalue weighted by Crippen LogP contribution is -2.32. The first kappa shape index (κ1) is 30.9. The van der Waals surface area contributed by atoms with Crippen LogP contribution in [0.15, 0.2) is 18.2 Å². The summed E-state index contributed by atoms with van der Waals surface area (Å²) in [5, 5.41) is 12.4. The van der Waals surface area contributed by atoms with Crippen LogP contribution in [-0.4, -0.2) is 56.1 Å². The van der Waals surface area contributed by atoms with Gasteiger partial charge in [0.15, 0.2) is 0 Å². The highest BCUT2D eigenvalue weighted by Crippen LogP contribution is 2.21. The first-order valence-electron chi connectivity index (χ1n) is 10.00. The summed E-state index contributed by atoms with van der Waals surface area (Å²) < 4.78 is 5.12. The van der Waals surface area contributed by atoms with Crippen molar-refractivity contribution in [2.75, 3.05) is 27.2 Å². The minimum Gasteiger partial charge on any atom is -0.391 e. The SMILES string of the molecule is C#Cc1ccc(CNC)c(COC)c1.C=O.CC(C)(C)CC(=O)N1CCC(O)C1.NN. The monoisotopic (exact) mass is 436 g/mol. The van der Waals surface area contributed by atoms with Crippen molar-refractivity contribution in [1.29, 1.82) is 0 Å². The Morgan fingerprint density at radius 3 is 2.39 bits per heavy atom. The molecule has 1 atom stereocenters. The molecule has 8 heteroatoms. The average Bonchev–Trinajstić information content (AvgIpc) is 3.18. The number of aliphatic hydroxyl groups excluding tert-OH is 1. The van der Waals surface area contributed by atoms with Gasteiger partial charge in [0, 0.05) is 38.7 Å². The number of hydrogen-bond donors (Lipinski definition) is 4. The van der Waals surface area contributed by atoms with Crippen molar-refractivity contribution in [3.63, 3.8) is 0 Å². The van der Waals surface area contributed by atoms with E-state index < -0.39 is 0 Å². The topological polar surface area (TPSA) is 131 Å². The van der Waals surface area contributed by atoms with Crippen molar-refractivity contribution in [2.45, 2.75) is 52.9 Å². The van der Waals surface area contributed by atoms with Gasteiger partial charge >= 0.3 is 0 Å². The molecule has 1 aliphatic rings. The van der Waals surface area contributed by atoms with Crippen LogP contribution in [0, 0.1) is 17.8 Å². The lowest BCUT2D eigenvalue weighted by Gasteiger charge is -2.22. The number of nitrogens with one attached hydrogen (secondary N) is 1. The van der Waals surface area contributed by atoms with E-state index in [1.165, 1.54) is 5.56 Å². The summed E-state index contributed by atoms with van der Waals surface area (Å²) in [6, 6.07) is 5.99. The van der Waals surface area contributed by atoms with Gasteiger partial charge in [-0.3, -0.25) is 16.5 Å². The van der Waals surface area contributed by atoms with Crippen molar-refractivity contribution in [3.8, 4) is 12.3 Å². The van der Waals surface area contributed by atoms with E-state index in [-0.39, 0.29) is 17.4 Å². The van der Waals surface area contributed by atoms with Gasteiger partial charge in [-0.05, 0) is 42.1 Å². The van der Waals surface area contributed by atoms with Crippen LogP contribution in [0.2, 0.25) is 0 Å². The molecule has 0 aromatic heterocycles. The number of amides is 1. The van der Waals surface area contributed by atoms with E-state index in [9.17, 15) is 9.90 Å². The van der Waals surface area contributed by atoms with Gasteiger partial charge in [0.25, 0.3) is 0 Å². The lowest BCUT2D eigenvalue weighted by molar-refractivity contribution is -0.132. The first-order chi connectivity index (χ1) is 14.7. The molecule has 0 bridgehead atoms. The molecule has 0 radical (unpaired) electrons. The van der Waals surface area contributed by atoms with Gasteiger partial charge in [-0.15, -0.1) is 6.42 Å². The van der Waals surface area contributed by atoms with Crippen molar-refractivity contribution in [2.24, 2.45) is 17.1 Å². The summed E-state index contributed by atoms with van der Waals surface area (Å²) >= 11 is 0. The van der Waals surface area contributed by atoms with Crippen LogP contribution >= 0.6 is 0 Å². The number of carbonyl (C=O) groups is 2. The number of carbonyl (C=O) groups excluding carboxylic acids is 2. The summed E-state index contributed by atoms with van der Waals surface area (Å²) in [7, 11) is 3.61. The summed E-state index contributed by atoms with van der Waals surface area (Å²) in [6.45, 7) is 10.8. The standard InChI is InChI=1S/C12H15NO.C10H19NO2.CH2O.H4N2/c1-4-10-5-6-11(8-13-2)12(7-10)9-14-3;1-10(2,3)6-9(13)11-5-4-8(12)7-11;2*1-2/h1,5-7,13H,8-9H2,2-3H3;8,12H,4-7H2,1-3H3;1H2;1-2H2. The number of likely N-dealkylation sites (tertiary alicyclic amines) is 1. The Morgan fingerprint density at radius 1 is 1.35 bits per heavy atom. The van der Waals surface area contributed by atoms with Gasteiger partial charge in [0.05, 0.1) is 12.7 Å². The Morgan fingerprint density at radius 2 is 1.97 bits per heavy atom. The van der Waals surface area contributed by atoms with Gasteiger partial charge in [0.2, 0.25) is 5.91 Å². The highest BCUT2D eigenvalue weighted by atomic mass is 16.5. The van der Waals surface area contributed by atoms with Crippen molar-refractivity contribution < 1.29 is 19.4 Å². The van der Waals surface area contributed by atoms with Gasteiger partial charge < -0.3 is 24.9 Å². The van der Waals surface area contributed by atoms with E-state index in [1.54, 1.807) is 12.0 Å². The van der Waals surface area contributed by atoms with Crippen molar-refractivity contribution >= 4 is 12.7 Å². The molecule has 0 aliphatic carbocycles. The van der Waals surface area contributed by atoms with Gasteiger partial charge in [-0.2, -0.15) is 0 Å². The van der Waals surface area contributed by atoms with Crippen LogP contribution in [-0.2, 0) is 27.5 Å². The van der Waals surface area contributed by atoms with E-state index in [1.807, 2.05) is 32.0 Å². The Hall–Kier alpha value is -2.28. The minimum atomic E-state index is -0.302. The zero-order valence-corrected chi connectivity index (χ0v) is 19.6. The maximum Gasteiger partial charge on any atom is 0.223 e. The van der Waals surface area contributed by atoms with Crippen molar-refractivity contribution in [1.82, 2.24) is 10.2 Å². The second-order valence-corrected chi connectivity index (χ2v) is 8.11. The number of β-amino-alcohol motifs (C(OH)–C–C–N with tert-alkyl or cyclic N) is 1. The predicted molar refractivity (Wildman–Crippen MR) is 125 cm³/mol. The minimum absolute atomic E-state index is 0.0463. The number of nitrogens with zero attached hydrogens (tertiary/aromatic N) is 1. The number of methoxy groups -OCH3 is 1. The van der Waals surface area contributed by atoms with E-state index in [0.717, 1.165) is 30.6 Å². The number of hydrazine groups is 1. The quantitative estimate of drug-likeness (QED) is 0.310. The molecule has 2 rings (SSSR count). The zero-order chi connectivity index (χ0) is 24.4. The number of rotatable bonds is 5. The third kappa shape index (κ3) is 13.6. The molecule has 31 heavy (non-hydrogen) atoms.